The van der Waals surface area contributed by atoms with Gasteiger partial charge < -0.3 is 10.3 Å². The van der Waals surface area contributed by atoms with Gasteiger partial charge in [-0.25, -0.2) is 19.3 Å². The van der Waals surface area contributed by atoms with Crippen LogP contribution in [0.3, 0.4) is 0 Å². The van der Waals surface area contributed by atoms with E-state index in [9.17, 15) is 9.18 Å². The summed E-state index contributed by atoms with van der Waals surface area (Å²) in [5.74, 6) is -0.354. The van der Waals surface area contributed by atoms with Crippen molar-refractivity contribution in [1.82, 2.24) is 19.9 Å². The summed E-state index contributed by atoms with van der Waals surface area (Å²) >= 11 is 5.98. The molecule has 0 saturated heterocycles. The van der Waals surface area contributed by atoms with Crippen LogP contribution < -0.4 is 5.32 Å². The number of H-pyrrole nitrogens is 1. The number of nitrogens with one attached hydrogen (secondary N) is 2. The fourth-order valence-electron chi connectivity index (χ4n) is 2.35. The average molecular weight is 348 g/mol. The van der Waals surface area contributed by atoms with Gasteiger partial charge in [0, 0.05) is 29.8 Å². The smallest absolute Gasteiger partial charge is 0.183 e. The van der Waals surface area contributed by atoms with E-state index in [2.05, 4.69) is 25.3 Å². The molecule has 6 nitrogen and oxygen atoms in total. The highest BCUT2D eigenvalue weighted by molar-refractivity contribution is 6.31. The topological polar surface area (TPSA) is 83.6 Å². The molecule has 124 valence electrons. The van der Waals surface area contributed by atoms with Gasteiger partial charge in [-0.3, -0.25) is 4.79 Å². The van der Waals surface area contributed by atoms with E-state index in [1.165, 1.54) is 6.20 Å². The number of pyridine rings is 1. The lowest BCUT2D eigenvalue weighted by atomic mass is 10.1. The number of nitrogens with zero attached hydrogens (tertiary/aromatic N) is 3. The summed E-state index contributed by atoms with van der Waals surface area (Å²) in [4.78, 5) is 27.1. The Bertz CT molecular complexity index is 911. The third-order valence-electron chi connectivity index (χ3n) is 3.67. The molecule has 0 spiro atoms. The van der Waals surface area contributed by atoms with Crippen LogP contribution in [0.2, 0.25) is 5.02 Å². The van der Waals surface area contributed by atoms with Crippen molar-refractivity contribution in [2.45, 2.75) is 26.3 Å². The first-order valence-electron chi connectivity index (χ1n) is 7.44. The number of anilines is 1. The molecule has 0 radical (unpaired) electrons. The predicted octanol–water partition coefficient (Wildman–Crippen LogP) is 3.59. The van der Waals surface area contributed by atoms with Crippen molar-refractivity contribution < 1.29 is 9.18 Å². The molecule has 0 unspecified atom stereocenters. The monoisotopic (exact) mass is 347 g/mol. The Morgan fingerprint density at radius 1 is 1.42 bits per heavy atom. The third kappa shape index (κ3) is 3.07. The third-order valence-corrected chi connectivity index (χ3v) is 3.87. The molecule has 0 saturated carbocycles. The molecule has 8 heteroatoms. The fourth-order valence-corrected chi connectivity index (χ4v) is 2.51. The zero-order chi connectivity index (χ0) is 17.3. The average Bonchev–Trinajstić information content (AvgIpc) is 2.99. The van der Waals surface area contributed by atoms with Crippen molar-refractivity contribution in [2.24, 2.45) is 0 Å². The van der Waals surface area contributed by atoms with Crippen LogP contribution in [0.4, 0.5) is 10.2 Å². The van der Waals surface area contributed by atoms with Gasteiger partial charge in [-0.1, -0.05) is 18.5 Å². The van der Waals surface area contributed by atoms with Gasteiger partial charge in [-0.15, -0.1) is 0 Å². The largest absolute Gasteiger partial charge is 0.358 e. The Balaban J connectivity index is 2.01. The number of hydrogen-bond donors (Lipinski definition) is 2. The lowest BCUT2D eigenvalue weighted by Gasteiger charge is -2.13. The number of halogens is 2. The van der Waals surface area contributed by atoms with Gasteiger partial charge in [0.05, 0.1) is 17.3 Å². The molecule has 2 N–H and O–H groups in total. The maximum absolute atomic E-state index is 14.0. The summed E-state index contributed by atoms with van der Waals surface area (Å²) in [5, 5.41) is 4.01. The Hall–Kier alpha value is -2.54. The molecule has 0 fully saturated rings. The lowest BCUT2D eigenvalue weighted by molar-refractivity contribution is -0.119. The van der Waals surface area contributed by atoms with E-state index in [-0.39, 0.29) is 11.6 Å². The Morgan fingerprint density at radius 3 is 2.96 bits per heavy atom. The van der Waals surface area contributed by atoms with Crippen molar-refractivity contribution in [1.29, 1.82) is 0 Å². The van der Waals surface area contributed by atoms with Crippen molar-refractivity contribution in [3.63, 3.8) is 0 Å². The molecule has 0 aliphatic carbocycles. The van der Waals surface area contributed by atoms with Crippen molar-refractivity contribution >= 4 is 34.2 Å². The molecule has 3 aromatic heterocycles. The molecule has 0 aliphatic heterocycles. The minimum Gasteiger partial charge on any atom is -0.358 e. The maximum atomic E-state index is 14.0. The van der Waals surface area contributed by atoms with Crippen molar-refractivity contribution in [3.05, 3.63) is 35.5 Å². The van der Waals surface area contributed by atoms with Gasteiger partial charge in [0.15, 0.2) is 23.2 Å². The van der Waals surface area contributed by atoms with E-state index in [0.717, 1.165) is 11.6 Å². The minimum atomic E-state index is -0.620. The zero-order valence-corrected chi connectivity index (χ0v) is 13.9. The predicted molar refractivity (Wildman–Crippen MR) is 90.5 cm³/mol. The summed E-state index contributed by atoms with van der Waals surface area (Å²) in [7, 11) is 0. The van der Waals surface area contributed by atoms with Crippen LogP contribution in [0.25, 0.3) is 22.4 Å². The van der Waals surface area contributed by atoms with E-state index in [0.29, 0.717) is 28.5 Å². The Morgan fingerprint density at radius 2 is 2.21 bits per heavy atom. The van der Waals surface area contributed by atoms with E-state index in [1.54, 1.807) is 26.1 Å². The number of Topliss-reactive ketones (excluding diaryl/α,β-unsaturated/α-hetero) is 1. The van der Waals surface area contributed by atoms with Crippen molar-refractivity contribution in [3.8, 4) is 11.4 Å². The van der Waals surface area contributed by atoms with Crippen LogP contribution in [-0.4, -0.2) is 31.8 Å². The highest BCUT2D eigenvalue weighted by Crippen LogP contribution is 2.28. The summed E-state index contributed by atoms with van der Waals surface area (Å²) in [6.07, 6.45) is 4.65. The van der Waals surface area contributed by atoms with Crippen LogP contribution in [-0.2, 0) is 4.79 Å². The number of rotatable bonds is 5. The normalized spacial score (nSPS) is 12.3. The molecule has 0 bridgehead atoms. The number of aromatic nitrogens is 4. The number of fused-ring (bicyclic) bond motifs is 1. The minimum absolute atomic E-state index is 0.0152. The molecule has 3 aromatic rings. The van der Waals surface area contributed by atoms with Crippen LogP contribution in [0.15, 0.2) is 24.7 Å². The van der Waals surface area contributed by atoms with Crippen LogP contribution in [0.1, 0.15) is 20.3 Å². The standard InChI is InChI=1S/C16H15ClFN5O/c1-3-13(24)8(2)22-16-12(18)7-21-15(23-16)11-6-20-14-10(11)4-9(17)5-19-14/h4-8H,3H2,1-2H3,(H,19,20)(H,21,22,23)/t8-/m0/s1. The second kappa shape index (κ2) is 6.52. The number of ketones is 1. The second-order valence-corrected chi connectivity index (χ2v) is 5.76. The molecular formula is C16H15ClFN5O. The highest BCUT2D eigenvalue weighted by atomic mass is 35.5. The van der Waals surface area contributed by atoms with Crippen LogP contribution in [0.5, 0.6) is 0 Å². The van der Waals surface area contributed by atoms with E-state index in [4.69, 9.17) is 11.6 Å². The quantitative estimate of drug-likeness (QED) is 0.736. The van der Waals surface area contributed by atoms with E-state index >= 15 is 0 Å². The SMILES string of the molecule is CCC(=O)[C@H](C)Nc1nc(-c2c[nH]c3ncc(Cl)cc23)ncc1F. The molecule has 1 atom stereocenters. The first-order valence-corrected chi connectivity index (χ1v) is 7.82. The summed E-state index contributed by atoms with van der Waals surface area (Å²) in [6, 6.07) is 1.20. The molecule has 24 heavy (non-hydrogen) atoms. The van der Waals surface area contributed by atoms with Gasteiger partial charge in [0.25, 0.3) is 0 Å². The molecule has 0 aliphatic rings. The summed E-state index contributed by atoms with van der Waals surface area (Å²) < 4.78 is 14.0. The molecule has 3 rings (SSSR count). The van der Waals surface area contributed by atoms with E-state index < -0.39 is 11.9 Å². The van der Waals surface area contributed by atoms with Crippen LogP contribution in [0, 0.1) is 5.82 Å². The fraction of sp³-hybridized carbons (Fsp3) is 0.250. The van der Waals surface area contributed by atoms with Gasteiger partial charge in [-0.05, 0) is 13.0 Å². The van der Waals surface area contributed by atoms with Gasteiger partial charge >= 0.3 is 0 Å². The van der Waals surface area contributed by atoms with Gasteiger partial charge in [0.2, 0.25) is 0 Å². The van der Waals surface area contributed by atoms with Gasteiger partial charge in [0.1, 0.15) is 5.65 Å². The lowest BCUT2D eigenvalue weighted by Crippen LogP contribution is -2.26. The Kier molecular flexibility index (Phi) is 4.44. The first-order chi connectivity index (χ1) is 11.5. The zero-order valence-electron chi connectivity index (χ0n) is 13.1. The summed E-state index contributed by atoms with van der Waals surface area (Å²) in [6.45, 7) is 3.42. The number of hydrogen-bond acceptors (Lipinski definition) is 5. The van der Waals surface area contributed by atoms with Gasteiger partial charge in [-0.2, -0.15) is 0 Å². The number of aromatic amines is 1. The maximum Gasteiger partial charge on any atom is 0.183 e. The second-order valence-electron chi connectivity index (χ2n) is 5.33. The van der Waals surface area contributed by atoms with E-state index in [1.807, 2.05) is 0 Å². The number of carbonyl (C=O) groups is 1. The molecular weight excluding hydrogens is 333 g/mol. The summed E-state index contributed by atoms with van der Waals surface area (Å²) in [5.41, 5.74) is 1.28. The Labute approximate surface area is 142 Å². The first kappa shape index (κ1) is 16.3. The van der Waals surface area contributed by atoms with Crippen LogP contribution >= 0.6 is 11.6 Å². The number of carbonyl (C=O) groups excluding carboxylic acids is 1. The van der Waals surface area contributed by atoms with Crippen molar-refractivity contribution in [2.75, 3.05) is 5.32 Å². The molecule has 3 heterocycles. The molecule has 0 amide bonds. The highest BCUT2D eigenvalue weighted by Gasteiger charge is 2.17. The molecule has 0 aromatic carbocycles.